The molecule has 0 heterocycles. The Morgan fingerprint density at radius 2 is 1.68 bits per heavy atom. The van der Waals surface area contributed by atoms with E-state index in [9.17, 15) is 4.79 Å². The molecule has 0 aliphatic carbocycles. The van der Waals surface area contributed by atoms with Crippen molar-refractivity contribution in [3.63, 3.8) is 0 Å². The number of hydrogen-bond acceptors (Lipinski definition) is 1. The van der Waals surface area contributed by atoms with E-state index in [1.54, 1.807) is 6.08 Å². The van der Waals surface area contributed by atoms with Crippen LogP contribution in [0.25, 0.3) is 0 Å². The highest BCUT2D eigenvalue weighted by Gasteiger charge is 2.02. The second-order valence-electron chi connectivity index (χ2n) is 4.15. The number of benzene rings is 2. The first kappa shape index (κ1) is 12.9. The second-order valence-corrected chi connectivity index (χ2v) is 4.15. The minimum Gasteiger partial charge on any atom is -0.289 e. The molecular formula is C18H14O. The molecule has 0 bridgehead atoms. The van der Waals surface area contributed by atoms with E-state index in [0.29, 0.717) is 0 Å². The molecule has 2 rings (SSSR count). The molecule has 2 aromatic carbocycles. The lowest BCUT2D eigenvalue weighted by molar-refractivity contribution is 0.104. The van der Waals surface area contributed by atoms with Gasteiger partial charge in [-0.1, -0.05) is 54.3 Å². The first-order valence-corrected chi connectivity index (χ1v) is 6.10. The van der Waals surface area contributed by atoms with E-state index in [1.165, 1.54) is 6.08 Å². The van der Waals surface area contributed by atoms with Gasteiger partial charge >= 0.3 is 0 Å². The molecule has 0 aliphatic heterocycles. The van der Waals surface area contributed by atoms with Crippen molar-refractivity contribution in [2.45, 2.75) is 6.92 Å². The van der Waals surface area contributed by atoms with Crippen LogP contribution in [0.4, 0.5) is 0 Å². The van der Waals surface area contributed by atoms with Gasteiger partial charge in [0.25, 0.3) is 0 Å². The van der Waals surface area contributed by atoms with Crippen molar-refractivity contribution in [1.82, 2.24) is 0 Å². The number of ketones is 1. The monoisotopic (exact) mass is 246 g/mol. The molecule has 0 saturated carbocycles. The highest BCUT2D eigenvalue weighted by atomic mass is 16.1. The van der Waals surface area contributed by atoms with Crippen molar-refractivity contribution in [2.24, 2.45) is 0 Å². The Hall–Kier alpha value is -2.59. The van der Waals surface area contributed by atoms with Crippen LogP contribution in [-0.2, 0) is 0 Å². The molecule has 0 radical (unpaired) electrons. The van der Waals surface area contributed by atoms with Crippen molar-refractivity contribution in [3.8, 4) is 11.8 Å². The minimum absolute atomic E-state index is 0.0135. The summed E-state index contributed by atoms with van der Waals surface area (Å²) in [7, 11) is 0. The van der Waals surface area contributed by atoms with Gasteiger partial charge in [-0.05, 0) is 36.8 Å². The topological polar surface area (TPSA) is 17.1 Å². The third-order valence-corrected chi connectivity index (χ3v) is 2.72. The van der Waals surface area contributed by atoms with E-state index in [4.69, 9.17) is 0 Å². The summed E-state index contributed by atoms with van der Waals surface area (Å²) in [5.74, 6) is 5.83. The molecule has 1 nitrogen and oxygen atoms in total. The number of carbonyl (C=O) groups excluding carboxylic acids is 1. The van der Waals surface area contributed by atoms with Crippen LogP contribution >= 0.6 is 0 Å². The molecule has 0 saturated heterocycles. The Labute approximate surface area is 113 Å². The smallest absolute Gasteiger partial charge is 0.186 e. The summed E-state index contributed by atoms with van der Waals surface area (Å²) in [6.45, 7) is 1.93. The summed E-state index contributed by atoms with van der Waals surface area (Å²) < 4.78 is 0. The predicted molar refractivity (Wildman–Crippen MR) is 78.0 cm³/mol. The van der Waals surface area contributed by atoms with E-state index in [1.807, 2.05) is 61.5 Å². The third kappa shape index (κ3) is 3.69. The van der Waals surface area contributed by atoms with Crippen LogP contribution in [0.2, 0.25) is 0 Å². The molecule has 1 heteroatoms. The van der Waals surface area contributed by atoms with Gasteiger partial charge in [-0.15, -0.1) is 0 Å². The Balaban J connectivity index is 2.07. The van der Waals surface area contributed by atoms with Crippen LogP contribution in [0.15, 0.2) is 66.7 Å². The van der Waals surface area contributed by atoms with Crippen molar-refractivity contribution < 1.29 is 4.79 Å². The van der Waals surface area contributed by atoms with Gasteiger partial charge in [-0.25, -0.2) is 0 Å². The van der Waals surface area contributed by atoms with E-state index >= 15 is 0 Å². The van der Waals surface area contributed by atoms with Gasteiger partial charge in [-0.2, -0.15) is 0 Å². The summed E-state index contributed by atoms with van der Waals surface area (Å²) in [5, 5.41) is 0. The van der Waals surface area contributed by atoms with Gasteiger partial charge in [0.15, 0.2) is 5.78 Å². The van der Waals surface area contributed by atoms with Crippen LogP contribution < -0.4 is 0 Å². The SMILES string of the molecule is Cc1ccccc1C(=O)/C=C/C#Cc1ccccc1. The molecule has 0 atom stereocenters. The van der Waals surface area contributed by atoms with E-state index in [2.05, 4.69) is 11.8 Å². The Kier molecular flexibility index (Phi) is 4.31. The summed E-state index contributed by atoms with van der Waals surface area (Å²) in [5.41, 5.74) is 2.64. The van der Waals surface area contributed by atoms with Gasteiger partial charge in [0.05, 0.1) is 0 Å². The molecule has 0 unspecified atom stereocenters. The number of allylic oxidation sites excluding steroid dienone is 2. The lowest BCUT2D eigenvalue weighted by Gasteiger charge is -1.99. The van der Waals surface area contributed by atoms with Crippen LogP contribution in [0.5, 0.6) is 0 Å². The van der Waals surface area contributed by atoms with Crippen LogP contribution in [0.3, 0.4) is 0 Å². The Morgan fingerprint density at radius 1 is 1.00 bits per heavy atom. The van der Waals surface area contributed by atoms with Gasteiger partial charge in [0, 0.05) is 11.1 Å². The molecule has 0 aliphatic rings. The maximum Gasteiger partial charge on any atom is 0.186 e. The zero-order valence-corrected chi connectivity index (χ0v) is 10.8. The largest absolute Gasteiger partial charge is 0.289 e. The standard InChI is InChI=1S/C18H14O/c1-15-9-5-7-13-17(15)18(19)14-8-6-12-16-10-3-2-4-11-16/h2-5,7-11,13-14H,1H3/b14-8+. The van der Waals surface area contributed by atoms with Crippen LogP contribution in [0.1, 0.15) is 21.5 Å². The molecule has 2 aromatic rings. The van der Waals surface area contributed by atoms with E-state index in [0.717, 1.165) is 16.7 Å². The van der Waals surface area contributed by atoms with Crippen molar-refractivity contribution in [2.75, 3.05) is 0 Å². The molecular weight excluding hydrogens is 232 g/mol. The summed E-state index contributed by atoms with van der Waals surface area (Å²) in [6, 6.07) is 17.2. The van der Waals surface area contributed by atoms with Crippen molar-refractivity contribution in [3.05, 3.63) is 83.4 Å². The number of aryl methyl sites for hydroxylation is 1. The molecule has 0 aromatic heterocycles. The first-order valence-electron chi connectivity index (χ1n) is 6.10. The fraction of sp³-hybridized carbons (Fsp3) is 0.0556. The predicted octanol–water partition coefficient (Wildman–Crippen LogP) is 3.79. The maximum atomic E-state index is 11.9. The molecule has 92 valence electrons. The molecule has 0 N–H and O–H groups in total. The van der Waals surface area contributed by atoms with Gasteiger partial charge in [0.2, 0.25) is 0 Å². The van der Waals surface area contributed by atoms with Crippen LogP contribution in [0, 0.1) is 18.8 Å². The highest BCUT2D eigenvalue weighted by Crippen LogP contribution is 2.08. The van der Waals surface area contributed by atoms with Gasteiger partial charge < -0.3 is 0 Å². The normalized spacial score (nSPS) is 9.95. The average molecular weight is 246 g/mol. The van der Waals surface area contributed by atoms with Crippen molar-refractivity contribution >= 4 is 5.78 Å². The minimum atomic E-state index is -0.0135. The quantitative estimate of drug-likeness (QED) is 0.447. The van der Waals surface area contributed by atoms with Gasteiger partial charge in [-0.3, -0.25) is 4.79 Å². The van der Waals surface area contributed by atoms with E-state index in [-0.39, 0.29) is 5.78 Å². The lowest BCUT2D eigenvalue weighted by atomic mass is 10.0. The van der Waals surface area contributed by atoms with Crippen molar-refractivity contribution in [1.29, 1.82) is 0 Å². The van der Waals surface area contributed by atoms with Gasteiger partial charge in [0.1, 0.15) is 0 Å². The lowest BCUT2D eigenvalue weighted by Crippen LogP contribution is -1.96. The zero-order valence-electron chi connectivity index (χ0n) is 10.8. The fourth-order valence-corrected chi connectivity index (χ4v) is 1.70. The van der Waals surface area contributed by atoms with Crippen LogP contribution in [-0.4, -0.2) is 5.78 Å². The second kappa shape index (κ2) is 6.37. The fourth-order valence-electron chi connectivity index (χ4n) is 1.70. The summed E-state index contributed by atoms with van der Waals surface area (Å²) >= 11 is 0. The third-order valence-electron chi connectivity index (χ3n) is 2.72. The number of carbonyl (C=O) groups is 1. The number of rotatable bonds is 2. The number of hydrogen-bond donors (Lipinski definition) is 0. The maximum absolute atomic E-state index is 11.9. The highest BCUT2D eigenvalue weighted by molar-refractivity contribution is 6.05. The Morgan fingerprint density at radius 3 is 2.42 bits per heavy atom. The molecule has 0 spiro atoms. The molecule has 0 fully saturated rings. The molecule has 19 heavy (non-hydrogen) atoms. The summed E-state index contributed by atoms with van der Waals surface area (Å²) in [6.07, 6.45) is 3.11. The zero-order chi connectivity index (χ0) is 13.5. The summed E-state index contributed by atoms with van der Waals surface area (Å²) in [4.78, 5) is 11.9. The Bertz CT molecular complexity index is 655. The average Bonchev–Trinajstić information content (AvgIpc) is 2.45. The first-order chi connectivity index (χ1) is 9.27. The van der Waals surface area contributed by atoms with E-state index < -0.39 is 0 Å². The molecule has 0 amide bonds.